The Morgan fingerprint density at radius 3 is 2.48 bits per heavy atom. The molecule has 0 radical (unpaired) electrons. The van der Waals surface area contributed by atoms with Gasteiger partial charge in [0.25, 0.3) is 5.91 Å². The van der Waals surface area contributed by atoms with Crippen molar-refractivity contribution in [1.82, 2.24) is 10.2 Å². The van der Waals surface area contributed by atoms with Crippen molar-refractivity contribution in [3.63, 3.8) is 0 Å². The van der Waals surface area contributed by atoms with Gasteiger partial charge in [-0.1, -0.05) is 19.3 Å². The Labute approximate surface area is 231 Å². The van der Waals surface area contributed by atoms with Crippen molar-refractivity contribution in [3.05, 3.63) is 51.2 Å². The number of phenols is 1. The zero-order valence-electron chi connectivity index (χ0n) is 22.7. The molecule has 1 amide bonds. The number of phenolic OH excluding ortho intramolecular Hbond substituents is 1. The predicted molar refractivity (Wildman–Crippen MR) is 142 cm³/mol. The number of aliphatic hydroxyl groups excluding tert-OH is 2. The van der Waals surface area contributed by atoms with Crippen molar-refractivity contribution >= 4 is 17.5 Å². The number of primary amides is 1. The SMILES string of the molecule is CN(C)[C@@H]1C(O)=C(C(N)=O)C(=O)[C@@]2(O)C(O)=C3C(=O)c4c(O)cc(CNCC5CCCCC5)c(F)c4C[C@H]3C[C@@H]12. The third-order valence-corrected chi connectivity index (χ3v) is 9.20. The van der Waals surface area contributed by atoms with Gasteiger partial charge in [-0.05, 0) is 64.2 Å². The summed E-state index contributed by atoms with van der Waals surface area (Å²) in [5.41, 5.74) is 1.34. The summed E-state index contributed by atoms with van der Waals surface area (Å²) in [6.45, 7) is 0.897. The lowest BCUT2D eigenvalue weighted by Gasteiger charge is -2.50. The van der Waals surface area contributed by atoms with Crippen LogP contribution in [-0.4, -0.2) is 75.1 Å². The van der Waals surface area contributed by atoms with E-state index in [-0.39, 0.29) is 41.6 Å². The number of aromatic hydroxyl groups is 1. The second-order valence-corrected chi connectivity index (χ2v) is 11.8. The Balaban J connectivity index is 1.53. The second-order valence-electron chi connectivity index (χ2n) is 11.8. The smallest absolute Gasteiger partial charge is 0.255 e. The average molecular weight is 558 g/mol. The number of carbonyl (C=O) groups excluding carboxylic acids is 3. The summed E-state index contributed by atoms with van der Waals surface area (Å²) in [6.07, 6.45) is 5.67. The Kier molecular flexibility index (Phi) is 7.26. The fourth-order valence-corrected chi connectivity index (χ4v) is 7.28. The third-order valence-electron chi connectivity index (χ3n) is 9.20. The van der Waals surface area contributed by atoms with E-state index in [2.05, 4.69) is 5.32 Å². The molecule has 7 N–H and O–H groups in total. The number of hydrogen-bond acceptors (Lipinski definition) is 9. The summed E-state index contributed by atoms with van der Waals surface area (Å²) in [5, 5.41) is 47.8. The molecule has 0 unspecified atom stereocenters. The minimum absolute atomic E-state index is 0.00702. The van der Waals surface area contributed by atoms with Crippen molar-refractivity contribution in [1.29, 1.82) is 0 Å². The van der Waals surface area contributed by atoms with Crippen molar-refractivity contribution in [2.75, 3.05) is 20.6 Å². The minimum atomic E-state index is -2.72. The first kappa shape index (κ1) is 28.3. The minimum Gasteiger partial charge on any atom is -0.510 e. The number of nitrogens with one attached hydrogen (secondary N) is 1. The molecule has 0 spiro atoms. The van der Waals surface area contributed by atoms with Gasteiger partial charge in [0.05, 0.1) is 11.6 Å². The number of allylic oxidation sites excluding steroid dienone is 1. The number of nitrogens with zero attached hydrogens (tertiary/aromatic N) is 1. The Bertz CT molecular complexity index is 1350. The van der Waals surface area contributed by atoms with Gasteiger partial charge in [0.2, 0.25) is 5.78 Å². The van der Waals surface area contributed by atoms with Crippen LogP contribution in [0.4, 0.5) is 4.39 Å². The molecule has 1 aromatic carbocycles. The van der Waals surface area contributed by atoms with Crippen molar-refractivity contribution in [2.24, 2.45) is 23.5 Å². The van der Waals surface area contributed by atoms with Crippen molar-refractivity contribution < 1.29 is 39.2 Å². The number of amides is 1. The molecule has 4 aliphatic carbocycles. The van der Waals surface area contributed by atoms with E-state index in [1.165, 1.54) is 30.2 Å². The van der Waals surface area contributed by atoms with Crippen LogP contribution in [0, 0.1) is 23.6 Å². The van der Waals surface area contributed by atoms with Gasteiger partial charge < -0.3 is 31.5 Å². The number of benzene rings is 1. The number of fused-ring (bicyclic) bond motifs is 3. The molecule has 0 heterocycles. The van der Waals surface area contributed by atoms with Crippen LogP contribution in [0.1, 0.15) is 60.0 Å². The summed E-state index contributed by atoms with van der Waals surface area (Å²) in [5.74, 6) is -7.65. The first-order valence-electron chi connectivity index (χ1n) is 13.8. The Morgan fingerprint density at radius 2 is 1.85 bits per heavy atom. The number of likely N-dealkylation sites (N-methyl/N-ethyl adjacent to an activating group) is 1. The molecule has 5 rings (SSSR count). The number of nitrogens with two attached hydrogens (primary N) is 1. The summed E-state index contributed by atoms with van der Waals surface area (Å²) in [7, 11) is 3.11. The first-order valence-corrected chi connectivity index (χ1v) is 13.8. The molecule has 40 heavy (non-hydrogen) atoms. The summed E-state index contributed by atoms with van der Waals surface area (Å²) >= 11 is 0. The van der Waals surface area contributed by atoms with E-state index < -0.39 is 69.6 Å². The lowest BCUT2D eigenvalue weighted by Crippen LogP contribution is -2.63. The molecule has 0 bridgehead atoms. The number of rotatable bonds is 6. The van der Waals surface area contributed by atoms with E-state index in [0.717, 1.165) is 19.4 Å². The molecule has 11 heteroatoms. The number of Topliss-reactive ketones (excluding diaryl/α,β-unsaturated/α-hetero) is 2. The molecule has 10 nitrogen and oxygen atoms in total. The topological polar surface area (TPSA) is 173 Å². The van der Waals surface area contributed by atoms with E-state index >= 15 is 4.39 Å². The number of halogens is 1. The standard InChI is InChI=1S/C29H36FN3O7/c1-33(2)23-17-9-14-8-16-20(18(34)10-15(22(16)30)12-32-11-13-6-4-3-5-7-13)24(35)19(14)26(37)29(17,40)27(38)21(25(23)36)28(31)39/h10,13-14,17,23,32,34,36-37,40H,3-9,11-12H2,1-2H3,(H2,31,39)/t14-,17-,23-,29-/m0/s1. The maximum absolute atomic E-state index is 15.8. The van der Waals surface area contributed by atoms with Gasteiger partial charge in [0.1, 0.15) is 28.7 Å². The molecule has 0 aliphatic heterocycles. The fraction of sp³-hybridized carbons (Fsp3) is 0.552. The van der Waals surface area contributed by atoms with Crippen LogP contribution in [0.15, 0.2) is 28.7 Å². The first-order chi connectivity index (χ1) is 18.9. The highest BCUT2D eigenvalue weighted by molar-refractivity contribution is 6.24. The molecule has 4 atom stereocenters. The third kappa shape index (κ3) is 4.22. The zero-order valence-corrected chi connectivity index (χ0v) is 22.7. The molecule has 1 fully saturated rings. The van der Waals surface area contributed by atoms with Crippen molar-refractivity contribution in [3.8, 4) is 5.75 Å². The molecule has 1 saturated carbocycles. The molecular weight excluding hydrogens is 521 g/mol. The molecule has 4 aliphatic rings. The number of carbonyl (C=O) groups is 3. The van der Waals surface area contributed by atoms with Crippen LogP contribution in [0.25, 0.3) is 0 Å². The van der Waals surface area contributed by atoms with Crippen LogP contribution in [0.3, 0.4) is 0 Å². The van der Waals surface area contributed by atoms with Crippen molar-refractivity contribution in [2.45, 2.75) is 63.1 Å². The maximum atomic E-state index is 15.8. The molecule has 0 saturated heterocycles. The predicted octanol–water partition coefficient (Wildman–Crippen LogP) is 1.93. The summed E-state index contributed by atoms with van der Waals surface area (Å²) < 4.78 is 15.8. The number of hydrogen-bond donors (Lipinski definition) is 6. The van der Waals surface area contributed by atoms with Crippen LogP contribution in [0.2, 0.25) is 0 Å². The lowest BCUT2D eigenvalue weighted by atomic mass is 9.58. The van der Waals surface area contributed by atoms with Crippen LogP contribution in [-0.2, 0) is 22.6 Å². The highest BCUT2D eigenvalue weighted by atomic mass is 19.1. The normalized spacial score (nSPS) is 29.0. The van der Waals surface area contributed by atoms with Crippen LogP contribution in [0.5, 0.6) is 5.75 Å². The molecular formula is C29H36FN3O7. The highest BCUT2D eigenvalue weighted by Gasteiger charge is 2.63. The fourth-order valence-electron chi connectivity index (χ4n) is 7.28. The molecule has 216 valence electrons. The molecule has 0 aromatic heterocycles. The Hall–Kier alpha value is -3.28. The monoisotopic (exact) mass is 557 g/mol. The van der Waals surface area contributed by atoms with E-state index in [9.17, 15) is 34.8 Å². The van der Waals surface area contributed by atoms with Crippen LogP contribution < -0.4 is 11.1 Å². The maximum Gasteiger partial charge on any atom is 0.255 e. The zero-order chi connectivity index (χ0) is 29.1. The Morgan fingerprint density at radius 1 is 1.18 bits per heavy atom. The number of aliphatic hydroxyl groups is 3. The van der Waals surface area contributed by atoms with Gasteiger partial charge in [-0.25, -0.2) is 4.39 Å². The van der Waals surface area contributed by atoms with Gasteiger partial charge in [0, 0.05) is 29.2 Å². The van der Waals surface area contributed by atoms with Gasteiger partial charge in [0.15, 0.2) is 11.4 Å². The van der Waals surface area contributed by atoms with Gasteiger partial charge in [-0.15, -0.1) is 0 Å². The average Bonchev–Trinajstić information content (AvgIpc) is 2.89. The van der Waals surface area contributed by atoms with Gasteiger partial charge in [-0.2, -0.15) is 0 Å². The van der Waals surface area contributed by atoms with Gasteiger partial charge >= 0.3 is 0 Å². The summed E-state index contributed by atoms with van der Waals surface area (Å²) in [6, 6.07) is 0.0943. The highest BCUT2D eigenvalue weighted by Crippen LogP contribution is 2.52. The second kappa shape index (κ2) is 10.3. The van der Waals surface area contributed by atoms with E-state index in [1.807, 2.05) is 0 Å². The quantitative estimate of drug-likeness (QED) is 0.286. The van der Waals surface area contributed by atoms with Crippen LogP contribution >= 0.6 is 0 Å². The van der Waals surface area contributed by atoms with Gasteiger partial charge in [-0.3, -0.25) is 19.3 Å². The summed E-state index contributed by atoms with van der Waals surface area (Å²) in [4.78, 5) is 40.5. The van der Waals surface area contributed by atoms with E-state index in [0.29, 0.717) is 5.92 Å². The lowest BCUT2D eigenvalue weighted by molar-refractivity contribution is -0.148. The largest absolute Gasteiger partial charge is 0.510 e. The molecule has 1 aromatic rings. The van der Waals surface area contributed by atoms with E-state index in [4.69, 9.17) is 5.73 Å². The number of ketones is 2. The van der Waals surface area contributed by atoms with E-state index in [1.54, 1.807) is 14.1 Å².